The van der Waals surface area contributed by atoms with E-state index in [0.717, 1.165) is 22.1 Å². The van der Waals surface area contributed by atoms with Gasteiger partial charge >= 0.3 is 0 Å². The third-order valence-corrected chi connectivity index (χ3v) is 4.15. The van der Waals surface area contributed by atoms with Crippen LogP contribution in [0.25, 0.3) is 10.8 Å². The van der Waals surface area contributed by atoms with Crippen LogP contribution in [0.5, 0.6) is 5.75 Å². The first kappa shape index (κ1) is 13.5. The van der Waals surface area contributed by atoms with E-state index in [0.29, 0.717) is 17.1 Å². The molecule has 1 unspecified atom stereocenters. The highest BCUT2D eigenvalue weighted by atomic mass is 16.5. The average Bonchev–Trinajstić information content (AvgIpc) is 2.99. The molecular formula is C19H14N2O2. The van der Waals surface area contributed by atoms with Crippen molar-refractivity contribution < 1.29 is 9.15 Å². The Morgan fingerprint density at radius 1 is 1.09 bits per heavy atom. The predicted molar refractivity (Wildman–Crippen MR) is 86.7 cm³/mol. The minimum atomic E-state index is -0.345. The Hall–Kier alpha value is -3.19. The highest BCUT2D eigenvalue weighted by Gasteiger charge is 2.33. The smallest absolute Gasteiger partial charge is 0.205 e. The fourth-order valence-corrected chi connectivity index (χ4v) is 3.09. The van der Waals surface area contributed by atoms with E-state index in [2.05, 4.69) is 6.07 Å². The molecule has 3 aromatic rings. The average molecular weight is 302 g/mol. The largest absolute Gasteiger partial charge is 0.465 e. The summed E-state index contributed by atoms with van der Waals surface area (Å²) in [5, 5.41) is 11.6. The molecule has 0 fully saturated rings. The Morgan fingerprint density at radius 2 is 1.91 bits per heavy atom. The van der Waals surface area contributed by atoms with Crippen LogP contribution in [0.2, 0.25) is 0 Å². The van der Waals surface area contributed by atoms with Crippen LogP contribution in [0.4, 0.5) is 0 Å². The van der Waals surface area contributed by atoms with Crippen LogP contribution in [-0.2, 0) is 0 Å². The number of rotatable bonds is 1. The molecule has 0 radical (unpaired) electrons. The second-order valence-corrected chi connectivity index (χ2v) is 5.58. The van der Waals surface area contributed by atoms with Gasteiger partial charge in [-0.15, -0.1) is 0 Å². The molecule has 23 heavy (non-hydrogen) atoms. The summed E-state index contributed by atoms with van der Waals surface area (Å²) in [5.74, 6) is 1.97. The van der Waals surface area contributed by atoms with E-state index in [1.54, 1.807) is 0 Å². The molecule has 0 amide bonds. The summed E-state index contributed by atoms with van der Waals surface area (Å²) in [6.45, 7) is 1.88. The molecule has 2 heterocycles. The van der Waals surface area contributed by atoms with Crippen LogP contribution in [0, 0.1) is 18.3 Å². The molecule has 0 aliphatic carbocycles. The zero-order valence-corrected chi connectivity index (χ0v) is 12.5. The molecule has 112 valence electrons. The van der Waals surface area contributed by atoms with E-state index >= 15 is 0 Å². The third kappa shape index (κ3) is 1.98. The highest BCUT2D eigenvalue weighted by Crippen LogP contribution is 2.45. The van der Waals surface area contributed by atoms with Gasteiger partial charge in [0.25, 0.3) is 0 Å². The monoisotopic (exact) mass is 302 g/mol. The summed E-state index contributed by atoms with van der Waals surface area (Å²) in [6, 6.07) is 17.9. The van der Waals surface area contributed by atoms with Gasteiger partial charge in [-0.05, 0) is 24.4 Å². The Balaban J connectivity index is 2.02. The van der Waals surface area contributed by atoms with E-state index in [9.17, 15) is 5.26 Å². The second kappa shape index (κ2) is 4.92. The molecule has 1 aromatic heterocycles. The van der Waals surface area contributed by atoms with Crippen molar-refractivity contribution in [1.82, 2.24) is 0 Å². The van der Waals surface area contributed by atoms with Gasteiger partial charge in [-0.1, -0.05) is 36.4 Å². The van der Waals surface area contributed by atoms with Crippen molar-refractivity contribution in [3.05, 3.63) is 77.1 Å². The molecule has 4 rings (SSSR count). The SMILES string of the molecule is Cc1ccc(C2C(C#N)=C(N)Oc3c2ccc2ccccc32)o1. The number of hydrogen-bond acceptors (Lipinski definition) is 4. The minimum Gasteiger partial charge on any atom is -0.465 e. The zero-order valence-electron chi connectivity index (χ0n) is 12.5. The van der Waals surface area contributed by atoms with Crippen molar-refractivity contribution in [2.75, 3.05) is 0 Å². The molecule has 1 aliphatic rings. The zero-order chi connectivity index (χ0) is 16.0. The van der Waals surface area contributed by atoms with Gasteiger partial charge in [0.1, 0.15) is 28.9 Å². The number of aryl methyl sites for hydroxylation is 1. The number of ether oxygens (including phenoxy) is 1. The molecule has 0 spiro atoms. The standard InChI is InChI=1S/C19H14N2O2/c1-11-6-9-16(22-11)17-14-8-7-12-4-2-3-5-13(12)18(14)23-19(21)15(17)10-20/h2-9,17H,21H2,1H3. The van der Waals surface area contributed by atoms with Crippen molar-refractivity contribution in [2.45, 2.75) is 12.8 Å². The topological polar surface area (TPSA) is 72.2 Å². The summed E-state index contributed by atoms with van der Waals surface area (Å²) in [5.41, 5.74) is 7.29. The molecule has 4 heteroatoms. The number of allylic oxidation sites excluding steroid dienone is 1. The highest BCUT2D eigenvalue weighted by molar-refractivity contribution is 5.90. The number of fused-ring (bicyclic) bond motifs is 3. The van der Waals surface area contributed by atoms with Gasteiger partial charge < -0.3 is 14.9 Å². The van der Waals surface area contributed by atoms with Gasteiger partial charge in [-0.25, -0.2) is 0 Å². The lowest BCUT2D eigenvalue weighted by Crippen LogP contribution is -2.21. The van der Waals surface area contributed by atoms with Crippen molar-refractivity contribution in [2.24, 2.45) is 5.73 Å². The number of nitrogens with two attached hydrogens (primary N) is 1. The third-order valence-electron chi connectivity index (χ3n) is 4.15. The van der Waals surface area contributed by atoms with E-state index in [1.165, 1.54) is 0 Å². The number of furan rings is 1. The summed E-state index contributed by atoms with van der Waals surface area (Å²) >= 11 is 0. The van der Waals surface area contributed by atoms with Crippen molar-refractivity contribution in [1.29, 1.82) is 5.26 Å². The Labute approximate surface area is 133 Å². The molecule has 4 nitrogen and oxygen atoms in total. The molecule has 2 aromatic carbocycles. The Kier molecular flexibility index (Phi) is 2.88. The van der Waals surface area contributed by atoms with Gasteiger partial charge in [0, 0.05) is 10.9 Å². The number of nitrogens with zero attached hydrogens (tertiary/aromatic N) is 1. The molecule has 0 bridgehead atoms. The van der Waals surface area contributed by atoms with Crippen LogP contribution >= 0.6 is 0 Å². The van der Waals surface area contributed by atoms with E-state index in [-0.39, 0.29) is 11.8 Å². The maximum absolute atomic E-state index is 9.53. The van der Waals surface area contributed by atoms with E-state index in [1.807, 2.05) is 55.5 Å². The normalized spacial score (nSPS) is 16.8. The fraction of sp³-hybridized carbons (Fsp3) is 0.105. The lowest BCUT2D eigenvalue weighted by atomic mass is 9.86. The summed E-state index contributed by atoms with van der Waals surface area (Å²) in [7, 11) is 0. The Bertz CT molecular complexity index is 992. The summed E-state index contributed by atoms with van der Waals surface area (Å²) in [4.78, 5) is 0. The van der Waals surface area contributed by atoms with Gasteiger partial charge in [-0.2, -0.15) is 5.26 Å². The molecule has 1 aliphatic heterocycles. The first-order chi connectivity index (χ1) is 11.2. The summed E-state index contributed by atoms with van der Waals surface area (Å²) in [6.07, 6.45) is 0. The van der Waals surface area contributed by atoms with Crippen LogP contribution < -0.4 is 10.5 Å². The fourth-order valence-electron chi connectivity index (χ4n) is 3.09. The second-order valence-electron chi connectivity index (χ2n) is 5.58. The maximum atomic E-state index is 9.53. The van der Waals surface area contributed by atoms with Crippen LogP contribution in [-0.4, -0.2) is 0 Å². The lowest BCUT2D eigenvalue weighted by Gasteiger charge is -2.25. The van der Waals surface area contributed by atoms with Gasteiger partial charge in [0.05, 0.1) is 5.92 Å². The Morgan fingerprint density at radius 3 is 2.65 bits per heavy atom. The predicted octanol–water partition coefficient (Wildman–Crippen LogP) is 3.96. The lowest BCUT2D eigenvalue weighted by molar-refractivity contribution is 0.386. The van der Waals surface area contributed by atoms with Crippen LogP contribution in [0.3, 0.4) is 0 Å². The first-order valence-electron chi connectivity index (χ1n) is 7.34. The minimum absolute atomic E-state index is 0.135. The van der Waals surface area contributed by atoms with Crippen molar-refractivity contribution in [3.63, 3.8) is 0 Å². The van der Waals surface area contributed by atoms with Crippen molar-refractivity contribution in [3.8, 4) is 11.8 Å². The van der Waals surface area contributed by atoms with Gasteiger partial charge in [-0.3, -0.25) is 0 Å². The molecule has 0 saturated carbocycles. The molecular weight excluding hydrogens is 288 g/mol. The quantitative estimate of drug-likeness (QED) is 0.738. The van der Waals surface area contributed by atoms with Gasteiger partial charge in [0.2, 0.25) is 5.88 Å². The molecule has 2 N–H and O–H groups in total. The van der Waals surface area contributed by atoms with Crippen LogP contribution in [0.15, 0.2) is 64.4 Å². The van der Waals surface area contributed by atoms with Gasteiger partial charge in [0.15, 0.2) is 0 Å². The number of benzene rings is 2. The van der Waals surface area contributed by atoms with E-state index < -0.39 is 0 Å². The van der Waals surface area contributed by atoms with E-state index in [4.69, 9.17) is 14.9 Å². The maximum Gasteiger partial charge on any atom is 0.205 e. The number of nitriles is 1. The summed E-state index contributed by atoms with van der Waals surface area (Å²) < 4.78 is 11.6. The van der Waals surface area contributed by atoms with Crippen molar-refractivity contribution >= 4 is 10.8 Å². The molecule has 0 saturated heterocycles. The number of hydrogen-bond donors (Lipinski definition) is 1. The first-order valence-corrected chi connectivity index (χ1v) is 7.34. The van der Waals surface area contributed by atoms with Crippen LogP contribution in [0.1, 0.15) is 23.0 Å². The molecule has 1 atom stereocenters.